The van der Waals surface area contributed by atoms with Crippen LogP contribution in [0.4, 0.5) is 5.69 Å². The molecule has 0 N–H and O–H groups in total. The average Bonchev–Trinajstić information content (AvgIpc) is 2.59. The Morgan fingerprint density at radius 3 is 2.96 bits per heavy atom. The number of para-hydroxylation sites is 1. The minimum Gasteiger partial charge on any atom is -0.495 e. The lowest BCUT2D eigenvalue weighted by atomic mass is 10.1. The van der Waals surface area contributed by atoms with Crippen LogP contribution in [0.25, 0.3) is 0 Å². The maximum Gasteiger partial charge on any atom is 0.173 e. The first-order chi connectivity index (χ1) is 11.2. The number of Topliss-reactive ketones (excluding diaryl/α,β-unsaturated/α-hetero) is 1. The molecule has 0 atom stereocenters. The highest BCUT2D eigenvalue weighted by atomic mass is 35.5. The number of halogens is 1. The lowest BCUT2D eigenvalue weighted by molar-refractivity contribution is 0.102. The van der Waals surface area contributed by atoms with Gasteiger partial charge < -0.3 is 4.74 Å². The van der Waals surface area contributed by atoms with Gasteiger partial charge in [0, 0.05) is 11.3 Å². The van der Waals surface area contributed by atoms with Crippen molar-refractivity contribution in [2.45, 2.75) is 5.75 Å². The molecule has 2 aromatic rings. The number of nitrogens with zero attached hydrogens (tertiary/aromatic N) is 1. The van der Waals surface area contributed by atoms with Crippen LogP contribution in [-0.4, -0.2) is 23.0 Å². The summed E-state index contributed by atoms with van der Waals surface area (Å²) in [5.74, 6) is 1.84. The molecule has 23 heavy (non-hydrogen) atoms. The number of ether oxygens (including phenoxy) is 1. The Balaban J connectivity index is 1.66. The number of benzene rings is 2. The lowest BCUT2D eigenvalue weighted by Gasteiger charge is -2.14. The van der Waals surface area contributed by atoms with Crippen LogP contribution in [0.5, 0.6) is 5.75 Å². The van der Waals surface area contributed by atoms with Gasteiger partial charge in [-0.15, -0.1) is 0 Å². The van der Waals surface area contributed by atoms with Crippen molar-refractivity contribution in [3.8, 4) is 5.75 Å². The molecule has 0 fully saturated rings. The number of rotatable bonds is 4. The zero-order valence-corrected chi connectivity index (χ0v) is 14.8. The molecule has 2 aromatic carbocycles. The quantitative estimate of drug-likeness (QED) is 0.700. The number of aliphatic imine (C=N–C) groups is 1. The van der Waals surface area contributed by atoms with Crippen molar-refractivity contribution in [1.82, 2.24) is 0 Å². The van der Waals surface area contributed by atoms with E-state index < -0.39 is 0 Å². The summed E-state index contributed by atoms with van der Waals surface area (Å²) in [6.07, 6.45) is 0. The number of ketones is 1. The summed E-state index contributed by atoms with van der Waals surface area (Å²) in [6, 6.07) is 13.2. The first-order valence-corrected chi connectivity index (χ1v) is 9.31. The van der Waals surface area contributed by atoms with Gasteiger partial charge in [-0.1, -0.05) is 53.3 Å². The summed E-state index contributed by atoms with van der Waals surface area (Å²) in [5, 5.41) is 0.446. The van der Waals surface area contributed by atoms with E-state index in [0.29, 0.717) is 22.1 Å². The molecule has 118 valence electrons. The van der Waals surface area contributed by atoms with Crippen LogP contribution in [0.2, 0.25) is 5.02 Å². The zero-order chi connectivity index (χ0) is 16.2. The first kappa shape index (κ1) is 16.4. The molecule has 0 amide bonds. The van der Waals surface area contributed by atoms with Gasteiger partial charge in [0.05, 0.1) is 23.6 Å². The number of hydrogen-bond donors (Lipinski definition) is 0. The minimum absolute atomic E-state index is 0.0294. The third-order valence-electron chi connectivity index (χ3n) is 3.36. The summed E-state index contributed by atoms with van der Waals surface area (Å²) < 4.78 is 6.02. The van der Waals surface area contributed by atoms with Crippen molar-refractivity contribution in [1.29, 1.82) is 0 Å². The molecule has 1 aliphatic rings. The first-order valence-electron chi connectivity index (χ1n) is 6.96. The fourth-order valence-electron chi connectivity index (χ4n) is 2.14. The molecule has 3 nitrogen and oxygen atoms in total. The van der Waals surface area contributed by atoms with Crippen LogP contribution >= 0.6 is 35.1 Å². The van der Waals surface area contributed by atoms with E-state index in [2.05, 4.69) is 11.1 Å². The van der Waals surface area contributed by atoms with Crippen molar-refractivity contribution in [2.75, 3.05) is 12.9 Å². The Labute approximate surface area is 148 Å². The molecule has 0 spiro atoms. The van der Waals surface area contributed by atoms with E-state index in [9.17, 15) is 4.79 Å². The van der Waals surface area contributed by atoms with Gasteiger partial charge in [-0.2, -0.15) is 0 Å². The van der Waals surface area contributed by atoms with Gasteiger partial charge in [-0.25, -0.2) is 4.99 Å². The molecule has 0 aliphatic carbocycles. The molecule has 3 rings (SSSR count). The van der Waals surface area contributed by atoms with E-state index in [1.54, 1.807) is 37.1 Å². The third kappa shape index (κ3) is 3.91. The van der Waals surface area contributed by atoms with E-state index in [-0.39, 0.29) is 5.78 Å². The van der Waals surface area contributed by atoms with E-state index in [0.717, 1.165) is 15.8 Å². The number of methoxy groups -OCH3 is 1. The van der Waals surface area contributed by atoms with E-state index in [4.69, 9.17) is 16.3 Å². The Morgan fingerprint density at radius 2 is 2.17 bits per heavy atom. The molecule has 0 radical (unpaired) electrons. The molecule has 6 heteroatoms. The molecule has 1 aliphatic heterocycles. The SMILES string of the molecule is COc1ccc(C(=O)CSC2=Nc3ccccc3CS2)cc1Cl. The molecule has 1 heterocycles. The normalized spacial score (nSPS) is 13.2. The highest BCUT2D eigenvalue weighted by Gasteiger charge is 2.15. The number of hydrogen-bond acceptors (Lipinski definition) is 5. The Hall–Kier alpha value is -1.43. The predicted molar refractivity (Wildman–Crippen MR) is 99.6 cm³/mol. The summed E-state index contributed by atoms with van der Waals surface area (Å²) in [6.45, 7) is 0. The fourth-order valence-corrected chi connectivity index (χ4v) is 4.35. The van der Waals surface area contributed by atoms with Crippen molar-refractivity contribution < 1.29 is 9.53 Å². The third-order valence-corrected chi connectivity index (χ3v) is 5.90. The van der Waals surface area contributed by atoms with Crippen LogP contribution in [0.1, 0.15) is 15.9 Å². The van der Waals surface area contributed by atoms with Gasteiger partial charge in [-0.3, -0.25) is 4.79 Å². The summed E-state index contributed by atoms with van der Waals surface area (Å²) >= 11 is 9.20. The topological polar surface area (TPSA) is 38.7 Å². The molecule has 0 aromatic heterocycles. The van der Waals surface area contributed by atoms with Gasteiger partial charge >= 0.3 is 0 Å². The maximum absolute atomic E-state index is 12.3. The number of fused-ring (bicyclic) bond motifs is 1. The van der Waals surface area contributed by atoms with E-state index in [1.165, 1.54) is 17.3 Å². The van der Waals surface area contributed by atoms with Gasteiger partial charge in [0.25, 0.3) is 0 Å². The molecule has 0 unspecified atom stereocenters. The average molecular weight is 364 g/mol. The van der Waals surface area contributed by atoms with Gasteiger partial charge in [-0.05, 0) is 29.8 Å². The van der Waals surface area contributed by atoms with Gasteiger partial charge in [0.1, 0.15) is 10.1 Å². The summed E-state index contributed by atoms with van der Waals surface area (Å²) in [4.78, 5) is 16.9. The zero-order valence-electron chi connectivity index (χ0n) is 12.4. The predicted octanol–water partition coefficient (Wildman–Crippen LogP) is 5.20. The van der Waals surface area contributed by atoms with E-state index >= 15 is 0 Å². The highest BCUT2D eigenvalue weighted by Crippen LogP contribution is 2.34. The largest absolute Gasteiger partial charge is 0.495 e. The number of carbonyl (C=O) groups is 1. The van der Waals surface area contributed by atoms with Crippen molar-refractivity contribution in [3.05, 3.63) is 58.6 Å². The molecule has 0 saturated carbocycles. The van der Waals surface area contributed by atoms with Crippen molar-refractivity contribution in [2.24, 2.45) is 4.99 Å². The second-order valence-corrected chi connectivity index (χ2v) is 7.45. The van der Waals surface area contributed by atoms with Crippen LogP contribution in [0.3, 0.4) is 0 Å². The lowest BCUT2D eigenvalue weighted by Crippen LogP contribution is -2.05. The van der Waals surface area contributed by atoms with Crippen molar-refractivity contribution in [3.63, 3.8) is 0 Å². The maximum atomic E-state index is 12.3. The standard InChI is InChI=1S/C17H14ClNO2S2/c1-21-16-7-6-11(8-13(16)18)15(20)10-23-17-19-14-5-3-2-4-12(14)9-22-17/h2-8H,9-10H2,1H3. The van der Waals surface area contributed by atoms with Gasteiger partial charge in [0.2, 0.25) is 0 Å². The van der Waals surface area contributed by atoms with Crippen LogP contribution in [0.15, 0.2) is 47.5 Å². The second-order valence-electron chi connectivity index (χ2n) is 4.86. The number of thioether (sulfide) groups is 2. The summed E-state index contributed by atoms with van der Waals surface area (Å²) in [7, 11) is 1.55. The molecular formula is C17H14ClNO2S2. The molecule has 0 bridgehead atoms. The Kier molecular flexibility index (Phi) is 5.30. The van der Waals surface area contributed by atoms with Gasteiger partial charge in [0.15, 0.2) is 5.78 Å². The molecule has 0 saturated heterocycles. The van der Waals surface area contributed by atoms with E-state index in [1.807, 2.05) is 18.2 Å². The van der Waals surface area contributed by atoms with Crippen LogP contribution < -0.4 is 4.74 Å². The summed E-state index contributed by atoms with van der Waals surface area (Å²) in [5.41, 5.74) is 2.81. The van der Waals surface area contributed by atoms with Crippen LogP contribution in [0, 0.1) is 0 Å². The highest BCUT2D eigenvalue weighted by molar-refractivity contribution is 8.38. The fraction of sp³-hybridized carbons (Fsp3) is 0.176. The van der Waals surface area contributed by atoms with Crippen molar-refractivity contribution >= 4 is 51.0 Å². The Bertz CT molecular complexity index is 777. The minimum atomic E-state index is 0.0294. The monoisotopic (exact) mass is 363 g/mol. The molecular weight excluding hydrogens is 350 g/mol. The smallest absolute Gasteiger partial charge is 0.173 e. The van der Waals surface area contributed by atoms with Crippen LogP contribution in [-0.2, 0) is 5.75 Å². The second kappa shape index (κ2) is 7.43. The number of carbonyl (C=O) groups excluding carboxylic acids is 1. The Morgan fingerprint density at radius 1 is 1.35 bits per heavy atom.